The van der Waals surface area contributed by atoms with Gasteiger partial charge in [0, 0.05) is 31.5 Å². The van der Waals surface area contributed by atoms with Crippen molar-refractivity contribution in [3.63, 3.8) is 0 Å². The van der Waals surface area contributed by atoms with E-state index in [4.69, 9.17) is 4.74 Å². The largest absolute Gasteiger partial charge is 0.465 e. The molecule has 0 aliphatic carbocycles. The zero-order valence-electron chi connectivity index (χ0n) is 13.4. The number of H-pyrrole nitrogens is 1. The van der Waals surface area contributed by atoms with Crippen molar-refractivity contribution in [2.24, 2.45) is 5.92 Å². The Balaban J connectivity index is 1.83. The molecule has 1 fully saturated rings. The summed E-state index contributed by atoms with van der Waals surface area (Å²) in [6.45, 7) is 2.54. The summed E-state index contributed by atoms with van der Waals surface area (Å²) in [6.07, 6.45) is -1.79. The number of aromatic nitrogens is 2. The molecule has 1 aromatic heterocycles. The molecule has 0 spiro atoms. The molecule has 0 unspecified atom stereocenters. The van der Waals surface area contributed by atoms with Crippen LogP contribution in [-0.2, 0) is 26.9 Å². The highest BCUT2D eigenvalue weighted by Crippen LogP contribution is 2.30. The van der Waals surface area contributed by atoms with Gasteiger partial charge in [-0.1, -0.05) is 6.92 Å². The number of aromatic amines is 1. The number of likely N-dealkylation sites (tertiary alicyclic amines) is 1. The summed E-state index contributed by atoms with van der Waals surface area (Å²) in [7, 11) is 0. The van der Waals surface area contributed by atoms with Gasteiger partial charge < -0.3 is 9.64 Å². The fraction of sp³-hybridized carbons (Fsp3) is 0.667. The van der Waals surface area contributed by atoms with Crippen molar-refractivity contribution in [2.75, 3.05) is 19.7 Å². The van der Waals surface area contributed by atoms with Crippen LogP contribution in [0, 0.1) is 5.92 Å². The van der Waals surface area contributed by atoms with Crippen molar-refractivity contribution in [2.45, 2.75) is 38.8 Å². The molecule has 134 valence electrons. The van der Waals surface area contributed by atoms with E-state index in [0.29, 0.717) is 32.4 Å². The number of nitrogens with zero attached hydrogens (tertiary/aromatic N) is 2. The van der Waals surface area contributed by atoms with Gasteiger partial charge in [-0.25, -0.2) is 0 Å². The number of nitrogens with one attached hydrogen (secondary N) is 1. The predicted molar refractivity (Wildman–Crippen MR) is 77.8 cm³/mol. The first-order valence-electron chi connectivity index (χ1n) is 7.86. The Bertz CT molecular complexity index is 586. The molecule has 6 nitrogen and oxygen atoms in total. The average molecular weight is 347 g/mol. The summed E-state index contributed by atoms with van der Waals surface area (Å²) in [6, 6.07) is 0. The Morgan fingerprint density at radius 1 is 1.46 bits per heavy atom. The van der Waals surface area contributed by atoms with Crippen LogP contribution in [-0.4, -0.2) is 46.7 Å². The van der Waals surface area contributed by atoms with Crippen LogP contribution in [0.1, 0.15) is 37.4 Å². The van der Waals surface area contributed by atoms with E-state index in [2.05, 4.69) is 5.10 Å². The highest BCUT2D eigenvalue weighted by Gasteiger charge is 2.35. The van der Waals surface area contributed by atoms with E-state index in [1.54, 1.807) is 11.8 Å². The van der Waals surface area contributed by atoms with E-state index in [0.717, 1.165) is 6.20 Å². The van der Waals surface area contributed by atoms with Gasteiger partial charge in [-0.2, -0.15) is 18.3 Å². The third-order valence-electron chi connectivity index (χ3n) is 4.03. The second-order valence-corrected chi connectivity index (χ2v) is 5.72. The van der Waals surface area contributed by atoms with Gasteiger partial charge in [0.05, 0.1) is 18.7 Å². The highest BCUT2D eigenvalue weighted by molar-refractivity contribution is 5.78. The number of halogens is 3. The number of esters is 1. The minimum absolute atomic E-state index is 0.0132. The van der Waals surface area contributed by atoms with Crippen molar-refractivity contribution in [1.82, 2.24) is 15.1 Å². The van der Waals surface area contributed by atoms with Gasteiger partial charge in [0.2, 0.25) is 5.91 Å². The standard InChI is InChI=1S/C15H20F3N3O3/c1-2-12(22)21-6-3-4-11(9-21)14(23)24-7-5-10-8-19-20-13(10)15(16,17)18/h8,11H,2-7,9H2,1H3,(H,19,20)/t11-/m1/s1. The van der Waals surface area contributed by atoms with Gasteiger partial charge >= 0.3 is 12.1 Å². The molecule has 0 aromatic carbocycles. The lowest BCUT2D eigenvalue weighted by molar-refractivity contribution is -0.151. The molecule has 2 heterocycles. The second-order valence-electron chi connectivity index (χ2n) is 5.72. The van der Waals surface area contributed by atoms with Crippen LogP contribution in [0.15, 0.2) is 6.20 Å². The summed E-state index contributed by atoms with van der Waals surface area (Å²) in [5.74, 6) is -0.901. The van der Waals surface area contributed by atoms with Crippen molar-refractivity contribution in [1.29, 1.82) is 0 Å². The molecule has 1 N–H and O–H groups in total. The quantitative estimate of drug-likeness (QED) is 0.829. The fourth-order valence-corrected chi connectivity index (χ4v) is 2.75. The van der Waals surface area contributed by atoms with E-state index >= 15 is 0 Å². The summed E-state index contributed by atoms with van der Waals surface area (Å²) < 4.78 is 43.2. The highest BCUT2D eigenvalue weighted by atomic mass is 19.4. The SMILES string of the molecule is CCC(=O)N1CCC[C@@H](C(=O)OCCc2cn[nH]c2C(F)(F)F)C1. The third-order valence-corrected chi connectivity index (χ3v) is 4.03. The molecule has 1 amide bonds. The molecule has 0 bridgehead atoms. The Kier molecular flexibility index (Phi) is 5.84. The van der Waals surface area contributed by atoms with Crippen molar-refractivity contribution >= 4 is 11.9 Å². The van der Waals surface area contributed by atoms with Gasteiger partial charge in [-0.3, -0.25) is 14.7 Å². The van der Waals surface area contributed by atoms with Gasteiger partial charge in [0.15, 0.2) is 0 Å². The minimum Gasteiger partial charge on any atom is -0.465 e. The molecular formula is C15H20F3N3O3. The smallest absolute Gasteiger partial charge is 0.433 e. The Morgan fingerprint density at radius 2 is 2.21 bits per heavy atom. The fourth-order valence-electron chi connectivity index (χ4n) is 2.75. The number of hydrogen-bond acceptors (Lipinski definition) is 4. The van der Waals surface area contributed by atoms with Crippen LogP contribution in [0.25, 0.3) is 0 Å². The lowest BCUT2D eigenvalue weighted by atomic mass is 9.98. The van der Waals surface area contributed by atoms with Crippen LogP contribution < -0.4 is 0 Å². The number of piperidine rings is 1. The molecule has 1 aliphatic heterocycles. The van der Waals surface area contributed by atoms with Crippen LogP contribution in [0.4, 0.5) is 13.2 Å². The lowest BCUT2D eigenvalue weighted by Crippen LogP contribution is -2.42. The number of alkyl halides is 3. The lowest BCUT2D eigenvalue weighted by Gasteiger charge is -2.31. The first-order chi connectivity index (χ1) is 11.3. The number of rotatable bonds is 5. The first-order valence-corrected chi connectivity index (χ1v) is 7.86. The van der Waals surface area contributed by atoms with E-state index in [9.17, 15) is 22.8 Å². The monoisotopic (exact) mass is 347 g/mol. The van der Waals surface area contributed by atoms with E-state index in [1.807, 2.05) is 5.10 Å². The molecule has 1 aromatic rings. The van der Waals surface area contributed by atoms with E-state index in [-0.39, 0.29) is 24.5 Å². The summed E-state index contributed by atoms with van der Waals surface area (Å²) >= 11 is 0. The van der Waals surface area contributed by atoms with Crippen LogP contribution >= 0.6 is 0 Å². The average Bonchev–Trinajstić information content (AvgIpc) is 3.03. The van der Waals surface area contributed by atoms with E-state index in [1.165, 1.54) is 0 Å². The Hall–Kier alpha value is -2.06. The molecule has 0 radical (unpaired) electrons. The van der Waals surface area contributed by atoms with Crippen LogP contribution in [0.2, 0.25) is 0 Å². The zero-order chi connectivity index (χ0) is 17.7. The zero-order valence-corrected chi connectivity index (χ0v) is 13.4. The van der Waals surface area contributed by atoms with Crippen LogP contribution in [0.3, 0.4) is 0 Å². The Morgan fingerprint density at radius 3 is 2.88 bits per heavy atom. The maximum absolute atomic E-state index is 12.7. The Labute approximate surface area is 137 Å². The molecule has 0 saturated carbocycles. The molecular weight excluding hydrogens is 327 g/mol. The molecule has 1 aliphatic rings. The summed E-state index contributed by atoms with van der Waals surface area (Å²) in [5, 5.41) is 5.30. The topological polar surface area (TPSA) is 75.3 Å². The van der Waals surface area contributed by atoms with Gasteiger partial charge in [-0.15, -0.1) is 0 Å². The van der Waals surface area contributed by atoms with Crippen molar-refractivity contribution in [3.05, 3.63) is 17.5 Å². The molecule has 1 saturated heterocycles. The molecule has 1 atom stereocenters. The first kappa shape index (κ1) is 18.3. The van der Waals surface area contributed by atoms with Crippen LogP contribution in [0.5, 0.6) is 0 Å². The normalized spacial score (nSPS) is 18.5. The maximum Gasteiger partial charge on any atom is 0.433 e. The predicted octanol–water partition coefficient (Wildman–Crippen LogP) is 2.16. The maximum atomic E-state index is 12.7. The third kappa shape index (κ3) is 4.48. The minimum atomic E-state index is -4.51. The number of amides is 1. The number of ether oxygens (including phenoxy) is 1. The van der Waals surface area contributed by atoms with Gasteiger partial charge in [0.25, 0.3) is 0 Å². The molecule has 2 rings (SSSR count). The van der Waals surface area contributed by atoms with Gasteiger partial charge in [-0.05, 0) is 12.8 Å². The number of carbonyl (C=O) groups is 2. The number of hydrogen-bond donors (Lipinski definition) is 1. The number of carbonyl (C=O) groups excluding carboxylic acids is 2. The second kappa shape index (κ2) is 7.67. The van der Waals surface area contributed by atoms with Crippen molar-refractivity contribution in [3.8, 4) is 0 Å². The molecule has 24 heavy (non-hydrogen) atoms. The van der Waals surface area contributed by atoms with E-state index < -0.39 is 23.8 Å². The van der Waals surface area contributed by atoms with Gasteiger partial charge in [0.1, 0.15) is 5.69 Å². The summed E-state index contributed by atoms with van der Waals surface area (Å²) in [4.78, 5) is 25.4. The molecule has 9 heteroatoms. The van der Waals surface area contributed by atoms with Crippen molar-refractivity contribution < 1.29 is 27.5 Å². The summed E-state index contributed by atoms with van der Waals surface area (Å²) in [5.41, 5.74) is -0.960.